The molecule has 2 aromatic carbocycles. The fraction of sp³-hybridized carbons (Fsp3) is 0.250. The van der Waals surface area contributed by atoms with Crippen LogP contribution in [0.25, 0.3) is 0 Å². The second kappa shape index (κ2) is 5.77. The van der Waals surface area contributed by atoms with E-state index in [0.717, 1.165) is 11.1 Å². The number of aryl methyl sites for hydroxylation is 2. The first-order chi connectivity index (χ1) is 9.86. The van der Waals surface area contributed by atoms with Crippen LogP contribution in [0.4, 0.5) is 5.69 Å². The molecule has 5 heteroatoms. The van der Waals surface area contributed by atoms with Gasteiger partial charge in [0.1, 0.15) is 5.75 Å². The van der Waals surface area contributed by atoms with E-state index >= 15 is 0 Å². The van der Waals surface area contributed by atoms with Crippen molar-refractivity contribution in [3.63, 3.8) is 0 Å². The van der Waals surface area contributed by atoms with Crippen LogP contribution in [0.3, 0.4) is 0 Å². The Kier molecular flexibility index (Phi) is 4.23. The molecule has 2 rings (SSSR count). The summed E-state index contributed by atoms with van der Waals surface area (Å²) in [6.07, 6.45) is 0. The number of anilines is 1. The maximum absolute atomic E-state index is 12.8. The van der Waals surface area contributed by atoms with Crippen molar-refractivity contribution in [2.24, 2.45) is 0 Å². The number of nitrogens with zero attached hydrogens (tertiary/aromatic N) is 1. The van der Waals surface area contributed by atoms with Gasteiger partial charge in [0.05, 0.1) is 10.6 Å². The molecule has 2 aromatic rings. The van der Waals surface area contributed by atoms with Crippen molar-refractivity contribution in [2.45, 2.75) is 25.7 Å². The topological polar surface area (TPSA) is 57.6 Å². The monoisotopic (exact) mass is 305 g/mol. The Bertz CT molecular complexity index is 754. The fourth-order valence-electron chi connectivity index (χ4n) is 2.24. The Morgan fingerprint density at radius 1 is 1.10 bits per heavy atom. The third-order valence-electron chi connectivity index (χ3n) is 3.33. The molecule has 0 unspecified atom stereocenters. The average Bonchev–Trinajstić information content (AvgIpc) is 2.43. The number of phenols is 1. The van der Waals surface area contributed by atoms with E-state index in [1.54, 1.807) is 37.3 Å². The molecule has 0 aliphatic heterocycles. The molecule has 1 N–H and O–H groups in total. The van der Waals surface area contributed by atoms with E-state index in [9.17, 15) is 13.5 Å². The lowest BCUT2D eigenvalue weighted by Gasteiger charge is -2.25. The molecular weight excluding hydrogens is 286 g/mol. The van der Waals surface area contributed by atoms with E-state index in [1.807, 2.05) is 19.9 Å². The summed E-state index contributed by atoms with van der Waals surface area (Å²) in [6.45, 7) is 5.75. The minimum Gasteiger partial charge on any atom is -0.508 e. The van der Waals surface area contributed by atoms with Crippen LogP contribution >= 0.6 is 0 Å². The molecule has 0 aliphatic rings. The number of aromatic hydroxyl groups is 1. The molecule has 0 saturated carbocycles. The molecule has 0 amide bonds. The molecule has 0 bridgehead atoms. The van der Waals surface area contributed by atoms with Crippen LogP contribution in [-0.2, 0) is 10.0 Å². The average molecular weight is 305 g/mol. The summed E-state index contributed by atoms with van der Waals surface area (Å²) in [5.74, 6) is 0.0495. The van der Waals surface area contributed by atoms with E-state index in [1.165, 1.54) is 10.4 Å². The largest absolute Gasteiger partial charge is 0.508 e. The molecular formula is C16H19NO3S. The van der Waals surface area contributed by atoms with Crippen molar-refractivity contribution in [3.8, 4) is 5.75 Å². The first-order valence-electron chi connectivity index (χ1n) is 6.75. The normalized spacial score (nSPS) is 11.4. The summed E-state index contributed by atoms with van der Waals surface area (Å²) in [5, 5.41) is 9.64. The molecule has 0 saturated heterocycles. The van der Waals surface area contributed by atoms with Crippen LogP contribution in [0.15, 0.2) is 47.4 Å². The van der Waals surface area contributed by atoms with Gasteiger partial charge in [0, 0.05) is 12.6 Å². The minimum atomic E-state index is -3.64. The molecule has 0 atom stereocenters. The summed E-state index contributed by atoms with van der Waals surface area (Å²) in [7, 11) is -3.64. The molecule has 112 valence electrons. The number of hydrogen-bond acceptors (Lipinski definition) is 3. The number of sulfonamides is 1. The Morgan fingerprint density at radius 2 is 1.81 bits per heavy atom. The van der Waals surface area contributed by atoms with Gasteiger partial charge in [-0.3, -0.25) is 4.31 Å². The van der Waals surface area contributed by atoms with Gasteiger partial charge in [-0.05, 0) is 50.1 Å². The van der Waals surface area contributed by atoms with Crippen molar-refractivity contribution in [1.29, 1.82) is 0 Å². The van der Waals surface area contributed by atoms with E-state index < -0.39 is 10.0 Å². The van der Waals surface area contributed by atoms with Crippen LogP contribution in [0.2, 0.25) is 0 Å². The van der Waals surface area contributed by atoms with Gasteiger partial charge in [0.25, 0.3) is 10.0 Å². The summed E-state index contributed by atoms with van der Waals surface area (Å²) in [5.41, 5.74) is 2.18. The highest BCUT2D eigenvalue weighted by Crippen LogP contribution is 2.29. The van der Waals surface area contributed by atoms with Crippen molar-refractivity contribution < 1.29 is 13.5 Å². The molecule has 4 nitrogen and oxygen atoms in total. The Balaban J connectivity index is 2.57. The fourth-order valence-corrected chi connectivity index (χ4v) is 3.87. The molecule has 0 aliphatic carbocycles. The zero-order valence-electron chi connectivity index (χ0n) is 12.4. The minimum absolute atomic E-state index is 0.0495. The van der Waals surface area contributed by atoms with Crippen LogP contribution in [0, 0.1) is 13.8 Å². The number of benzene rings is 2. The SMILES string of the molecule is CCN(c1cc(O)ccc1C)S(=O)(=O)c1cccc(C)c1. The molecule has 0 heterocycles. The summed E-state index contributed by atoms with van der Waals surface area (Å²) < 4.78 is 27.0. The third kappa shape index (κ3) is 3.03. The molecule has 0 radical (unpaired) electrons. The molecule has 0 fully saturated rings. The zero-order chi connectivity index (χ0) is 15.6. The molecule has 0 aromatic heterocycles. The van der Waals surface area contributed by atoms with Crippen LogP contribution in [0.5, 0.6) is 5.75 Å². The lowest BCUT2D eigenvalue weighted by molar-refractivity contribution is 0.475. The van der Waals surface area contributed by atoms with Gasteiger partial charge in [-0.1, -0.05) is 18.2 Å². The Hall–Kier alpha value is -2.01. The smallest absolute Gasteiger partial charge is 0.264 e. The van der Waals surface area contributed by atoms with Crippen LogP contribution < -0.4 is 4.31 Å². The standard InChI is InChI=1S/C16H19NO3S/c1-4-17(16-11-14(18)9-8-13(16)3)21(19,20)15-7-5-6-12(2)10-15/h5-11,18H,4H2,1-3H3. The van der Waals surface area contributed by atoms with Crippen molar-refractivity contribution in [2.75, 3.05) is 10.8 Å². The predicted molar refractivity (Wildman–Crippen MR) is 84.2 cm³/mol. The maximum atomic E-state index is 12.8. The number of hydrogen-bond donors (Lipinski definition) is 1. The van der Waals surface area contributed by atoms with Gasteiger partial charge in [0.2, 0.25) is 0 Å². The zero-order valence-corrected chi connectivity index (χ0v) is 13.2. The predicted octanol–water partition coefficient (Wildman–Crippen LogP) is 3.22. The first kappa shape index (κ1) is 15.4. The highest BCUT2D eigenvalue weighted by molar-refractivity contribution is 7.92. The Labute approximate surface area is 125 Å². The highest BCUT2D eigenvalue weighted by Gasteiger charge is 2.25. The highest BCUT2D eigenvalue weighted by atomic mass is 32.2. The van der Waals surface area contributed by atoms with Crippen LogP contribution in [0.1, 0.15) is 18.1 Å². The van der Waals surface area contributed by atoms with Crippen molar-refractivity contribution in [3.05, 3.63) is 53.6 Å². The van der Waals surface area contributed by atoms with Gasteiger partial charge >= 0.3 is 0 Å². The summed E-state index contributed by atoms with van der Waals surface area (Å²) in [6, 6.07) is 11.6. The van der Waals surface area contributed by atoms with E-state index in [-0.39, 0.29) is 10.6 Å². The maximum Gasteiger partial charge on any atom is 0.264 e. The summed E-state index contributed by atoms with van der Waals surface area (Å²) in [4.78, 5) is 0.257. The Morgan fingerprint density at radius 3 is 2.43 bits per heavy atom. The second-order valence-corrected chi connectivity index (χ2v) is 6.82. The van der Waals surface area contributed by atoms with Gasteiger partial charge in [-0.25, -0.2) is 8.42 Å². The number of phenolic OH excluding ortho intramolecular Hbond substituents is 1. The lowest BCUT2D eigenvalue weighted by Crippen LogP contribution is -2.31. The lowest BCUT2D eigenvalue weighted by atomic mass is 10.2. The molecule has 0 spiro atoms. The number of rotatable bonds is 4. The third-order valence-corrected chi connectivity index (χ3v) is 5.21. The molecule has 21 heavy (non-hydrogen) atoms. The van der Waals surface area contributed by atoms with E-state index in [0.29, 0.717) is 12.2 Å². The van der Waals surface area contributed by atoms with Crippen LogP contribution in [-0.4, -0.2) is 20.1 Å². The summed E-state index contributed by atoms with van der Waals surface area (Å²) >= 11 is 0. The van der Waals surface area contributed by atoms with Crippen molar-refractivity contribution in [1.82, 2.24) is 0 Å². The van der Waals surface area contributed by atoms with Gasteiger partial charge in [0.15, 0.2) is 0 Å². The van der Waals surface area contributed by atoms with Gasteiger partial charge in [-0.2, -0.15) is 0 Å². The van der Waals surface area contributed by atoms with Crippen molar-refractivity contribution >= 4 is 15.7 Å². The van der Waals surface area contributed by atoms with E-state index in [4.69, 9.17) is 0 Å². The van der Waals surface area contributed by atoms with Gasteiger partial charge < -0.3 is 5.11 Å². The van der Waals surface area contributed by atoms with E-state index in [2.05, 4.69) is 0 Å². The van der Waals surface area contributed by atoms with Gasteiger partial charge in [-0.15, -0.1) is 0 Å². The first-order valence-corrected chi connectivity index (χ1v) is 8.19. The second-order valence-electron chi connectivity index (χ2n) is 4.96. The quantitative estimate of drug-likeness (QED) is 0.943.